The van der Waals surface area contributed by atoms with Crippen molar-refractivity contribution in [3.8, 4) is 0 Å². The number of amides is 1. The first-order chi connectivity index (χ1) is 23.9. The van der Waals surface area contributed by atoms with Crippen LogP contribution in [0.15, 0.2) is 60.8 Å². The minimum absolute atomic E-state index is 0.0118. The summed E-state index contributed by atoms with van der Waals surface area (Å²) in [5, 5.41) is 10.8. The normalized spacial score (nSPS) is 20.4. The Bertz CT molecular complexity index is 1670. The second kappa shape index (κ2) is 18.1. The van der Waals surface area contributed by atoms with Gasteiger partial charge in [-0.2, -0.15) is 0 Å². The summed E-state index contributed by atoms with van der Waals surface area (Å²) >= 11 is 0. The topological polar surface area (TPSA) is 192 Å². The van der Waals surface area contributed by atoms with Crippen LogP contribution < -0.4 is 5.48 Å². The van der Waals surface area contributed by atoms with Crippen molar-refractivity contribution in [2.45, 2.75) is 71.5 Å². The minimum Gasteiger partial charge on any atom is -0.463 e. The zero-order valence-corrected chi connectivity index (χ0v) is 28.2. The third-order valence-electron chi connectivity index (χ3n) is 7.52. The van der Waals surface area contributed by atoms with E-state index in [1.165, 1.54) is 6.08 Å². The highest BCUT2D eigenvalue weighted by Crippen LogP contribution is 2.29. The predicted octanol–water partition coefficient (Wildman–Crippen LogP) is 2.31. The number of aliphatic hydroxyl groups excluding tert-OH is 1. The number of nitrogens with zero attached hydrogens (tertiary/aromatic N) is 1. The Balaban J connectivity index is 1.40. The number of nitrogens with one attached hydrogen (secondary N) is 2. The number of fused-ring (bicyclic) bond motifs is 1. The van der Waals surface area contributed by atoms with Crippen molar-refractivity contribution in [2.24, 2.45) is 0 Å². The summed E-state index contributed by atoms with van der Waals surface area (Å²) < 4.78 is 26.8. The summed E-state index contributed by atoms with van der Waals surface area (Å²) in [6, 6.07) is 15.6. The number of rotatable bonds is 15. The average Bonchev–Trinajstić information content (AvgIpc) is 3.46. The molecule has 0 aliphatic carbocycles. The third-order valence-corrected chi connectivity index (χ3v) is 7.52. The molecular weight excluding hydrogens is 654 g/mol. The molecule has 50 heavy (non-hydrogen) atoms. The highest BCUT2D eigenvalue weighted by atomic mass is 16.8. The molecule has 1 amide bonds. The average molecular weight is 696 g/mol. The van der Waals surface area contributed by atoms with Crippen LogP contribution in [0.5, 0.6) is 0 Å². The molecule has 4 rings (SSSR count). The standard InChI is InChI=1S/C35H41N3O12/c1-21(40)45-20-30-32(46-22(2)41)33(47-23(3)42)34(48-24(4)43)35(49-30)50-37-31(44)14-13-25-9-11-26(12-10-25)18-38(15-16-39)19-27-17-36-29-8-6-5-7-28(27)29/h5-14,17,30,32-36,39H,15-16,18-20H2,1-4H3,(H,37,44)/b14-13+/t30-,32+,33+,34-,35+/m1/s1. The first-order valence-corrected chi connectivity index (χ1v) is 15.8. The number of carbonyl (C=O) groups is 5. The number of hydroxylamine groups is 1. The summed E-state index contributed by atoms with van der Waals surface area (Å²) in [6.07, 6.45) is -2.36. The molecular formula is C35H41N3O12. The molecule has 0 unspecified atom stereocenters. The van der Waals surface area contributed by atoms with Crippen molar-refractivity contribution in [3.05, 3.63) is 77.5 Å². The first-order valence-electron chi connectivity index (χ1n) is 15.8. The fourth-order valence-electron chi connectivity index (χ4n) is 5.46. The Hall–Kier alpha value is -5.09. The Morgan fingerprint density at radius 2 is 1.52 bits per heavy atom. The zero-order chi connectivity index (χ0) is 36.2. The molecule has 2 heterocycles. The van der Waals surface area contributed by atoms with Crippen molar-refractivity contribution in [1.29, 1.82) is 0 Å². The Kier molecular flexibility index (Phi) is 13.6. The van der Waals surface area contributed by atoms with Gasteiger partial charge in [-0.25, -0.2) is 10.3 Å². The van der Waals surface area contributed by atoms with Crippen molar-refractivity contribution in [2.75, 3.05) is 19.8 Å². The van der Waals surface area contributed by atoms with Crippen LogP contribution in [0.2, 0.25) is 0 Å². The van der Waals surface area contributed by atoms with Crippen LogP contribution in [0.25, 0.3) is 17.0 Å². The highest BCUT2D eigenvalue weighted by Gasteiger charge is 2.53. The van der Waals surface area contributed by atoms with Crippen LogP contribution in [0, 0.1) is 0 Å². The monoisotopic (exact) mass is 695 g/mol. The second-order valence-corrected chi connectivity index (χ2v) is 11.5. The lowest BCUT2D eigenvalue weighted by molar-refractivity contribution is -0.318. The lowest BCUT2D eigenvalue weighted by Gasteiger charge is -2.43. The van der Waals surface area contributed by atoms with Gasteiger partial charge in [-0.3, -0.25) is 28.9 Å². The van der Waals surface area contributed by atoms with Crippen LogP contribution in [-0.2, 0) is 65.6 Å². The van der Waals surface area contributed by atoms with E-state index in [-0.39, 0.29) is 6.61 Å². The molecule has 0 spiro atoms. The molecule has 2 aromatic carbocycles. The molecule has 1 aliphatic heterocycles. The van der Waals surface area contributed by atoms with Gasteiger partial charge in [0.25, 0.3) is 5.91 Å². The van der Waals surface area contributed by atoms with Crippen LogP contribution in [0.4, 0.5) is 0 Å². The van der Waals surface area contributed by atoms with Crippen molar-refractivity contribution in [3.63, 3.8) is 0 Å². The Labute approximate surface area is 288 Å². The van der Waals surface area contributed by atoms with Gasteiger partial charge in [-0.1, -0.05) is 42.5 Å². The van der Waals surface area contributed by atoms with E-state index in [1.807, 2.05) is 48.7 Å². The maximum atomic E-state index is 12.7. The van der Waals surface area contributed by atoms with E-state index in [2.05, 4.69) is 21.4 Å². The molecule has 15 heteroatoms. The Morgan fingerprint density at radius 3 is 2.18 bits per heavy atom. The molecule has 5 atom stereocenters. The molecule has 3 N–H and O–H groups in total. The quantitative estimate of drug-likeness (QED) is 0.0909. The number of esters is 4. The second-order valence-electron chi connectivity index (χ2n) is 11.5. The number of aromatic amines is 1. The molecule has 1 fully saturated rings. The van der Waals surface area contributed by atoms with Crippen molar-refractivity contribution < 1.29 is 57.6 Å². The summed E-state index contributed by atoms with van der Waals surface area (Å²) in [5.41, 5.74) is 6.09. The maximum Gasteiger partial charge on any atom is 0.303 e. The van der Waals surface area contributed by atoms with Crippen molar-refractivity contribution >= 4 is 46.8 Å². The van der Waals surface area contributed by atoms with E-state index < -0.39 is 67.1 Å². The largest absolute Gasteiger partial charge is 0.463 e. The minimum atomic E-state index is -1.57. The molecule has 3 aromatic rings. The zero-order valence-electron chi connectivity index (χ0n) is 28.2. The molecule has 0 saturated carbocycles. The van der Waals surface area contributed by atoms with E-state index in [4.69, 9.17) is 28.5 Å². The lowest BCUT2D eigenvalue weighted by Crippen LogP contribution is -2.63. The van der Waals surface area contributed by atoms with Crippen LogP contribution in [-0.4, -0.2) is 95.2 Å². The number of carbonyl (C=O) groups excluding carboxylic acids is 5. The number of ether oxygens (including phenoxy) is 5. The van der Waals surface area contributed by atoms with E-state index in [0.29, 0.717) is 25.2 Å². The number of aromatic nitrogens is 1. The van der Waals surface area contributed by atoms with Gasteiger partial charge in [-0.05, 0) is 28.8 Å². The van der Waals surface area contributed by atoms with Gasteiger partial charge in [0.2, 0.25) is 6.29 Å². The lowest BCUT2D eigenvalue weighted by atomic mass is 9.98. The van der Waals surface area contributed by atoms with Gasteiger partial charge in [0.15, 0.2) is 18.3 Å². The molecule has 0 bridgehead atoms. The third kappa shape index (κ3) is 11.0. The van der Waals surface area contributed by atoms with E-state index in [9.17, 15) is 29.1 Å². The molecule has 1 aliphatic rings. The van der Waals surface area contributed by atoms with Crippen molar-refractivity contribution in [1.82, 2.24) is 15.4 Å². The van der Waals surface area contributed by atoms with E-state index >= 15 is 0 Å². The van der Waals surface area contributed by atoms with Gasteiger partial charge < -0.3 is 33.8 Å². The molecule has 1 saturated heterocycles. The molecule has 0 radical (unpaired) electrons. The number of H-pyrrole nitrogens is 1. The summed E-state index contributed by atoms with van der Waals surface area (Å²) in [6.45, 7) is 5.74. The van der Waals surface area contributed by atoms with Gasteiger partial charge in [0.1, 0.15) is 12.7 Å². The van der Waals surface area contributed by atoms with Crippen LogP contribution in [0.1, 0.15) is 44.4 Å². The van der Waals surface area contributed by atoms with E-state index in [1.54, 1.807) is 6.08 Å². The summed E-state index contributed by atoms with van der Waals surface area (Å²) in [5.74, 6) is -3.77. The fraction of sp³-hybridized carbons (Fsp3) is 0.400. The number of para-hydroxylation sites is 1. The molecule has 1 aromatic heterocycles. The van der Waals surface area contributed by atoms with Crippen LogP contribution >= 0.6 is 0 Å². The van der Waals surface area contributed by atoms with E-state index in [0.717, 1.165) is 49.7 Å². The van der Waals surface area contributed by atoms with Gasteiger partial charge >= 0.3 is 23.9 Å². The van der Waals surface area contributed by atoms with Gasteiger partial charge in [0.05, 0.1) is 6.61 Å². The molecule has 268 valence electrons. The summed E-state index contributed by atoms with van der Waals surface area (Å²) in [4.78, 5) is 71.0. The SMILES string of the molecule is CC(=O)OC[C@H]1O[C@@H](ONC(=O)/C=C/c2ccc(CN(CCO)Cc3c[nH]c4ccccc34)cc2)[C@H](OC(C)=O)[C@@H](OC(C)=O)[C@H]1OC(C)=O. The maximum absolute atomic E-state index is 12.7. The predicted molar refractivity (Wildman–Crippen MR) is 176 cm³/mol. The Morgan fingerprint density at radius 1 is 0.860 bits per heavy atom. The number of hydrogen-bond acceptors (Lipinski definition) is 13. The number of aliphatic hydroxyl groups is 1. The number of benzene rings is 2. The molecule has 15 nitrogen and oxygen atoms in total. The fourth-order valence-corrected chi connectivity index (χ4v) is 5.46. The first kappa shape index (κ1) is 37.7. The number of hydrogen-bond donors (Lipinski definition) is 3. The summed E-state index contributed by atoms with van der Waals surface area (Å²) in [7, 11) is 0. The highest BCUT2D eigenvalue weighted by molar-refractivity contribution is 5.91. The smallest absolute Gasteiger partial charge is 0.303 e. The van der Waals surface area contributed by atoms with Gasteiger partial charge in [-0.15, -0.1) is 0 Å². The van der Waals surface area contributed by atoms with Crippen LogP contribution in [0.3, 0.4) is 0 Å². The van der Waals surface area contributed by atoms with Gasteiger partial charge in [0, 0.05) is 70.5 Å².